The number of nitrogens with zero attached hydrogens (tertiary/aromatic N) is 3. The summed E-state index contributed by atoms with van der Waals surface area (Å²) in [5, 5.41) is 4.67. The number of nitrogens with one attached hydrogen (secondary N) is 1. The SMILES string of the molecule is CN1CCN(C(=N[C@H]2CCCC[C@@H]2N)Nc2ccc(Cl)cc2Cl)CC1. The van der Waals surface area contributed by atoms with Crippen LogP contribution in [0, 0.1) is 0 Å². The molecule has 2 fully saturated rings. The van der Waals surface area contributed by atoms with Crippen LogP contribution >= 0.6 is 23.2 Å². The Hall–Kier alpha value is -1.01. The molecule has 0 amide bonds. The second kappa shape index (κ2) is 8.58. The van der Waals surface area contributed by atoms with E-state index in [1.165, 1.54) is 12.8 Å². The molecule has 3 N–H and O–H groups in total. The number of hydrogen-bond donors (Lipinski definition) is 2. The van der Waals surface area contributed by atoms with Gasteiger partial charge in [0.05, 0.1) is 16.8 Å². The number of rotatable bonds is 2. The molecule has 1 aromatic carbocycles. The maximum atomic E-state index is 6.35. The normalized spacial score (nSPS) is 25.9. The van der Waals surface area contributed by atoms with Crippen LogP contribution in [0.1, 0.15) is 25.7 Å². The fourth-order valence-corrected chi connectivity index (χ4v) is 3.84. The van der Waals surface area contributed by atoms with Gasteiger partial charge < -0.3 is 20.9 Å². The molecular weight excluding hydrogens is 357 g/mol. The Morgan fingerprint density at radius 2 is 1.88 bits per heavy atom. The smallest absolute Gasteiger partial charge is 0.198 e. The third kappa shape index (κ3) is 5.00. The van der Waals surface area contributed by atoms with E-state index in [9.17, 15) is 0 Å². The summed E-state index contributed by atoms with van der Waals surface area (Å²) in [5.41, 5.74) is 7.14. The van der Waals surface area contributed by atoms with Crippen LogP contribution in [0.3, 0.4) is 0 Å². The first-order valence-corrected chi connectivity index (χ1v) is 9.77. The van der Waals surface area contributed by atoms with Gasteiger partial charge in [0.15, 0.2) is 5.96 Å². The van der Waals surface area contributed by atoms with Gasteiger partial charge in [-0.15, -0.1) is 0 Å². The van der Waals surface area contributed by atoms with Gasteiger partial charge in [0, 0.05) is 37.2 Å². The average Bonchev–Trinajstić information content (AvgIpc) is 2.59. The van der Waals surface area contributed by atoms with Crippen LogP contribution in [-0.4, -0.2) is 61.1 Å². The van der Waals surface area contributed by atoms with Crippen molar-refractivity contribution in [3.63, 3.8) is 0 Å². The summed E-state index contributed by atoms with van der Waals surface area (Å²) < 4.78 is 0. The van der Waals surface area contributed by atoms with Gasteiger partial charge >= 0.3 is 0 Å². The second-order valence-corrected chi connectivity index (χ2v) is 7.85. The van der Waals surface area contributed by atoms with Gasteiger partial charge in [0.25, 0.3) is 0 Å². The molecule has 0 unspecified atom stereocenters. The lowest BCUT2D eigenvalue weighted by Crippen LogP contribution is -2.50. The summed E-state index contributed by atoms with van der Waals surface area (Å²) in [7, 11) is 2.15. The summed E-state index contributed by atoms with van der Waals surface area (Å²) in [6.07, 6.45) is 4.49. The Labute approximate surface area is 160 Å². The lowest BCUT2D eigenvalue weighted by atomic mass is 9.91. The van der Waals surface area contributed by atoms with Gasteiger partial charge in [-0.25, -0.2) is 4.99 Å². The van der Waals surface area contributed by atoms with E-state index in [2.05, 4.69) is 22.2 Å². The highest BCUT2D eigenvalue weighted by molar-refractivity contribution is 6.36. The lowest BCUT2D eigenvalue weighted by Gasteiger charge is -2.36. The van der Waals surface area contributed by atoms with Gasteiger partial charge in [-0.1, -0.05) is 36.0 Å². The standard InChI is InChI=1S/C18H27Cl2N5/c1-24-8-10-25(11-9-24)18(23-17-5-3-2-4-15(17)21)22-16-7-6-13(19)12-14(16)20/h6-7,12,15,17H,2-5,8-11,21H2,1H3,(H,22,23)/t15-,17-/m0/s1. The second-order valence-electron chi connectivity index (χ2n) is 7.01. The van der Waals surface area contributed by atoms with Crippen molar-refractivity contribution in [2.45, 2.75) is 37.8 Å². The molecule has 7 heteroatoms. The number of likely N-dealkylation sites (N-methyl/N-ethyl adjacent to an activating group) is 1. The van der Waals surface area contributed by atoms with E-state index in [0.717, 1.165) is 50.7 Å². The molecule has 1 aliphatic heterocycles. The molecule has 2 atom stereocenters. The van der Waals surface area contributed by atoms with Crippen molar-refractivity contribution in [1.82, 2.24) is 9.80 Å². The molecule has 3 rings (SSSR count). The minimum Gasteiger partial charge on any atom is -0.340 e. The fourth-order valence-electron chi connectivity index (χ4n) is 3.38. The minimum atomic E-state index is 0.138. The first-order valence-electron chi connectivity index (χ1n) is 9.02. The zero-order valence-corrected chi connectivity index (χ0v) is 16.2. The van der Waals surface area contributed by atoms with Crippen LogP contribution in [0.2, 0.25) is 10.0 Å². The van der Waals surface area contributed by atoms with Gasteiger partial charge in [0.2, 0.25) is 0 Å². The molecule has 5 nitrogen and oxygen atoms in total. The maximum absolute atomic E-state index is 6.35. The number of benzene rings is 1. The van der Waals surface area contributed by atoms with Crippen LogP contribution in [0.15, 0.2) is 23.2 Å². The first-order chi connectivity index (χ1) is 12.0. The summed E-state index contributed by atoms with van der Waals surface area (Å²) in [6.45, 7) is 3.92. The van der Waals surface area contributed by atoms with Crippen LogP contribution in [-0.2, 0) is 0 Å². The molecule has 1 aromatic rings. The zero-order valence-electron chi connectivity index (χ0n) is 14.7. The molecule has 1 saturated heterocycles. The molecule has 0 spiro atoms. The van der Waals surface area contributed by atoms with Crippen LogP contribution in [0.4, 0.5) is 5.69 Å². The van der Waals surface area contributed by atoms with Crippen LogP contribution < -0.4 is 11.1 Å². The summed E-state index contributed by atoms with van der Waals surface area (Å²) >= 11 is 12.4. The quantitative estimate of drug-likeness (QED) is 0.607. The molecule has 138 valence electrons. The van der Waals surface area contributed by atoms with Gasteiger partial charge in [-0.2, -0.15) is 0 Å². The van der Waals surface area contributed by atoms with Crippen molar-refractivity contribution in [3.8, 4) is 0 Å². The third-order valence-electron chi connectivity index (χ3n) is 5.05. The highest BCUT2D eigenvalue weighted by Crippen LogP contribution is 2.26. The van der Waals surface area contributed by atoms with Crippen molar-refractivity contribution in [2.75, 3.05) is 38.5 Å². The average molecular weight is 384 g/mol. The van der Waals surface area contributed by atoms with Crippen molar-refractivity contribution < 1.29 is 0 Å². The van der Waals surface area contributed by atoms with E-state index in [-0.39, 0.29) is 12.1 Å². The van der Waals surface area contributed by atoms with E-state index in [1.807, 2.05) is 12.1 Å². The molecule has 1 heterocycles. The molecule has 0 aromatic heterocycles. The highest BCUT2D eigenvalue weighted by Gasteiger charge is 2.25. The van der Waals surface area contributed by atoms with E-state index in [4.69, 9.17) is 33.9 Å². The molecule has 2 aliphatic rings. The Kier molecular flexibility index (Phi) is 6.44. The predicted octanol–water partition coefficient (Wildman–Crippen LogP) is 3.28. The Bertz CT molecular complexity index is 613. The summed E-state index contributed by atoms with van der Waals surface area (Å²) in [5.74, 6) is 0.875. The van der Waals surface area contributed by atoms with Gasteiger partial charge in [-0.05, 0) is 38.1 Å². The van der Waals surface area contributed by atoms with Crippen molar-refractivity contribution in [1.29, 1.82) is 0 Å². The molecule has 0 radical (unpaired) electrons. The predicted molar refractivity (Wildman–Crippen MR) is 107 cm³/mol. The monoisotopic (exact) mass is 383 g/mol. The highest BCUT2D eigenvalue weighted by atomic mass is 35.5. The maximum Gasteiger partial charge on any atom is 0.198 e. The summed E-state index contributed by atoms with van der Waals surface area (Å²) in [4.78, 5) is 9.65. The third-order valence-corrected chi connectivity index (χ3v) is 5.60. The number of halogens is 2. The molecule has 1 aliphatic carbocycles. The van der Waals surface area contributed by atoms with Crippen LogP contribution in [0.5, 0.6) is 0 Å². The zero-order chi connectivity index (χ0) is 17.8. The number of nitrogens with two attached hydrogens (primary N) is 1. The van der Waals surface area contributed by atoms with Crippen LogP contribution in [0.25, 0.3) is 0 Å². The molecule has 0 bridgehead atoms. The van der Waals surface area contributed by atoms with Gasteiger partial charge in [0.1, 0.15) is 0 Å². The van der Waals surface area contributed by atoms with Gasteiger partial charge in [-0.3, -0.25) is 0 Å². The number of anilines is 1. The summed E-state index contributed by atoms with van der Waals surface area (Å²) in [6, 6.07) is 5.79. The van der Waals surface area contributed by atoms with Crippen molar-refractivity contribution in [3.05, 3.63) is 28.2 Å². The number of guanidine groups is 1. The molecule has 25 heavy (non-hydrogen) atoms. The lowest BCUT2D eigenvalue weighted by molar-refractivity contribution is 0.214. The van der Waals surface area contributed by atoms with E-state index < -0.39 is 0 Å². The van der Waals surface area contributed by atoms with Crippen molar-refractivity contribution >= 4 is 34.8 Å². The molecule has 1 saturated carbocycles. The fraction of sp³-hybridized carbons (Fsp3) is 0.611. The number of piperazine rings is 1. The Morgan fingerprint density at radius 1 is 1.16 bits per heavy atom. The topological polar surface area (TPSA) is 56.9 Å². The Balaban J connectivity index is 1.82. The van der Waals surface area contributed by atoms with E-state index in [1.54, 1.807) is 6.07 Å². The number of hydrogen-bond acceptors (Lipinski definition) is 3. The van der Waals surface area contributed by atoms with E-state index in [0.29, 0.717) is 10.0 Å². The Morgan fingerprint density at radius 3 is 2.56 bits per heavy atom. The first kappa shape index (κ1) is 18.8. The number of aliphatic imine (C=N–C) groups is 1. The van der Waals surface area contributed by atoms with Crippen molar-refractivity contribution in [2.24, 2.45) is 10.7 Å². The molecular formula is C18H27Cl2N5. The van der Waals surface area contributed by atoms with E-state index >= 15 is 0 Å². The largest absolute Gasteiger partial charge is 0.340 e. The minimum absolute atomic E-state index is 0.138.